The van der Waals surface area contributed by atoms with E-state index >= 15 is 0 Å². The first-order valence-corrected chi connectivity index (χ1v) is 12.6. The first kappa shape index (κ1) is 27.1. The standard InChI is InChI=1S/C33H26O8/c1-36-28-17-21(18-29(37-2)33(28)38-3)9-16-31(34)41-25-14-15-26-27(19-25)39-20-30(32(26)35)40-24-12-10-23(11-13-24)22-7-5-4-6-8-22/h4-20H,1-3H3. The molecule has 0 fully saturated rings. The highest BCUT2D eigenvalue weighted by Gasteiger charge is 2.14. The van der Waals surface area contributed by atoms with Crippen LogP contribution in [0.15, 0.2) is 106 Å². The molecule has 0 amide bonds. The Hall–Kier alpha value is -5.50. The van der Waals surface area contributed by atoms with E-state index in [4.69, 9.17) is 28.1 Å². The van der Waals surface area contributed by atoms with Gasteiger partial charge in [0.2, 0.25) is 16.9 Å². The summed E-state index contributed by atoms with van der Waals surface area (Å²) in [5.41, 5.74) is 2.66. The fourth-order valence-electron chi connectivity index (χ4n) is 4.21. The zero-order valence-corrected chi connectivity index (χ0v) is 22.6. The molecule has 41 heavy (non-hydrogen) atoms. The van der Waals surface area contributed by atoms with E-state index in [2.05, 4.69) is 0 Å². The maximum Gasteiger partial charge on any atom is 0.336 e. The van der Waals surface area contributed by atoms with Crippen LogP contribution in [0.1, 0.15) is 5.56 Å². The van der Waals surface area contributed by atoms with Crippen molar-refractivity contribution in [2.75, 3.05) is 21.3 Å². The molecule has 0 bridgehead atoms. The van der Waals surface area contributed by atoms with Gasteiger partial charge in [0.05, 0.1) is 26.7 Å². The van der Waals surface area contributed by atoms with Gasteiger partial charge in [-0.3, -0.25) is 4.79 Å². The van der Waals surface area contributed by atoms with Crippen LogP contribution in [0.5, 0.6) is 34.5 Å². The number of carbonyl (C=O) groups is 1. The van der Waals surface area contributed by atoms with Crippen molar-refractivity contribution in [2.45, 2.75) is 0 Å². The molecule has 1 aromatic heterocycles. The Morgan fingerprint density at radius 2 is 1.39 bits per heavy atom. The minimum atomic E-state index is -0.626. The molecule has 8 nitrogen and oxygen atoms in total. The molecule has 206 valence electrons. The van der Waals surface area contributed by atoms with Gasteiger partial charge in [0.25, 0.3) is 0 Å². The van der Waals surface area contributed by atoms with Gasteiger partial charge in [-0.05, 0) is 59.2 Å². The van der Waals surface area contributed by atoms with Crippen molar-refractivity contribution < 1.29 is 32.9 Å². The second kappa shape index (κ2) is 12.1. The first-order valence-electron chi connectivity index (χ1n) is 12.6. The Bertz CT molecular complexity index is 1740. The third-order valence-electron chi connectivity index (χ3n) is 6.22. The molecule has 0 saturated carbocycles. The van der Waals surface area contributed by atoms with Gasteiger partial charge in [-0.15, -0.1) is 0 Å². The van der Waals surface area contributed by atoms with E-state index in [0.717, 1.165) is 11.1 Å². The van der Waals surface area contributed by atoms with Gasteiger partial charge in [0, 0.05) is 12.1 Å². The summed E-state index contributed by atoms with van der Waals surface area (Å²) in [5, 5.41) is 0.288. The van der Waals surface area contributed by atoms with Crippen molar-refractivity contribution in [3.05, 3.63) is 113 Å². The van der Waals surface area contributed by atoms with E-state index in [1.54, 1.807) is 30.3 Å². The lowest BCUT2D eigenvalue weighted by Crippen LogP contribution is -2.06. The molecule has 0 atom stereocenters. The van der Waals surface area contributed by atoms with Crippen molar-refractivity contribution in [1.82, 2.24) is 0 Å². The zero-order valence-electron chi connectivity index (χ0n) is 22.6. The largest absolute Gasteiger partial charge is 0.493 e. The molecule has 8 heteroatoms. The number of benzene rings is 4. The van der Waals surface area contributed by atoms with Crippen LogP contribution in [-0.2, 0) is 4.79 Å². The van der Waals surface area contributed by atoms with Crippen molar-refractivity contribution in [1.29, 1.82) is 0 Å². The normalized spacial score (nSPS) is 10.9. The van der Waals surface area contributed by atoms with Gasteiger partial charge in [-0.25, -0.2) is 4.79 Å². The maximum atomic E-state index is 13.0. The SMILES string of the molecule is COc1cc(C=CC(=O)Oc2ccc3c(=O)c(Oc4ccc(-c5ccccc5)cc4)coc3c2)cc(OC)c1OC. The van der Waals surface area contributed by atoms with Crippen molar-refractivity contribution in [2.24, 2.45) is 0 Å². The Morgan fingerprint density at radius 3 is 2.05 bits per heavy atom. The Labute approximate surface area is 235 Å². The van der Waals surface area contributed by atoms with Gasteiger partial charge in [0.15, 0.2) is 11.5 Å². The molecular weight excluding hydrogens is 524 g/mol. The Morgan fingerprint density at radius 1 is 0.732 bits per heavy atom. The van der Waals surface area contributed by atoms with E-state index in [0.29, 0.717) is 28.6 Å². The predicted molar refractivity (Wildman–Crippen MR) is 155 cm³/mol. The maximum absolute atomic E-state index is 13.0. The number of ether oxygens (including phenoxy) is 5. The third-order valence-corrected chi connectivity index (χ3v) is 6.22. The molecule has 0 aliphatic carbocycles. The summed E-state index contributed by atoms with van der Waals surface area (Å²) >= 11 is 0. The molecule has 0 radical (unpaired) electrons. The number of methoxy groups -OCH3 is 3. The van der Waals surface area contributed by atoms with Crippen molar-refractivity contribution >= 4 is 23.0 Å². The molecule has 0 saturated heterocycles. The smallest absolute Gasteiger partial charge is 0.336 e. The molecule has 5 aromatic rings. The van der Waals surface area contributed by atoms with Crippen LogP contribution < -0.4 is 29.1 Å². The van der Waals surface area contributed by atoms with Crippen LogP contribution in [0, 0.1) is 0 Å². The summed E-state index contributed by atoms with van der Waals surface area (Å²) in [4.78, 5) is 25.5. The number of esters is 1. The molecule has 0 aliphatic heterocycles. The van der Waals surface area contributed by atoms with Crippen LogP contribution in [0.4, 0.5) is 0 Å². The van der Waals surface area contributed by atoms with Crippen molar-refractivity contribution in [3.8, 4) is 45.6 Å². The lowest BCUT2D eigenvalue weighted by atomic mass is 10.1. The summed E-state index contributed by atoms with van der Waals surface area (Å²) in [6.45, 7) is 0. The quantitative estimate of drug-likeness (QED) is 0.111. The fourth-order valence-corrected chi connectivity index (χ4v) is 4.21. The first-order chi connectivity index (χ1) is 20.0. The third kappa shape index (κ3) is 6.07. The van der Waals surface area contributed by atoms with Gasteiger partial charge in [-0.2, -0.15) is 0 Å². The number of fused-ring (bicyclic) bond motifs is 1. The van der Waals surface area contributed by atoms with Crippen LogP contribution >= 0.6 is 0 Å². The molecule has 5 rings (SSSR count). The number of carbonyl (C=O) groups excluding carboxylic acids is 1. The summed E-state index contributed by atoms with van der Waals surface area (Å²) in [6, 6.07) is 25.3. The highest BCUT2D eigenvalue weighted by molar-refractivity contribution is 5.90. The molecule has 0 N–H and O–H groups in total. The monoisotopic (exact) mass is 550 g/mol. The fraction of sp³-hybridized carbons (Fsp3) is 0.0909. The van der Waals surface area contributed by atoms with Crippen LogP contribution in [0.25, 0.3) is 28.2 Å². The average molecular weight is 551 g/mol. The van der Waals surface area contributed by atoms with E-state index in [-0.39, 0.29) is 27.9 Å². The molecule has 0 spiro atoms. The van der Waals surface area contributed by atoms with Gasteiger partial charge < -0.3 is 28.1 Å². The minimum Gasteiger partial charge on any atom is -0.493 e. The Kier molecular flexibility index (Phi) is 8.01. The van der Waals surface area contributed by atoms with E-state index in [1.165, 1.54) is 51.9 Å². The summed E-state index contributed by atoms with van der Waals surface area (Å²) in [5.74, 6) is 1.49. The molecule has 0 aliphatic rings. The van der Waals surface area contributed by atoms with Crippen LogP contribution in [-0.4, -0.2) is 27.3 Å². The highest BCUT2D eigenvalue weighted by Crippen LogP contribution is 2.38. The van der Waals surface area contributed by atoms with Crippen molar-refractivity contribution in [3.63, 3.8) is 0 Å². The minimum absolute atomic E-state index is 0.0444. The molecule has 0 unspecified atom stereocenters. The highest BCUT2D eigenvalue weighted by atomic mass is 16.5. The number of rotatable bonds is 9. The Balaban J connectivity index is 1.29. The van der Waals surface area contributed by atoms with E-state index in [1.807, 2.05) is 42.5 Å². The van der Waals surface area contributed by atoms with Crippen LogP contribution in [0.3, 0.4) is 0 Å². The van der Waals surface area contributed by atoms with Gasteiger partial charge >= 0.3 is 5.97 Å². The summed E-state index contributed by atoms with van der Waals surface area (Å²) in [7, 11) is 4.53. The molecular formula is C33H26O8. The number of hydrogen-bond acceptors (Lipinski definition) is 8. The summed E-state index contributed by atoms with van der Waals surface area (Å²) in [6.07, 6.45) is 4.07. The molecule has 1 heterocycles. The predicted octanol–water partition coefficient (Wildman–Crippen LogP) is 6.90. The average Bonchev–Trinajstić information content (AvgIpc) is 3.01. The van der Waals surface area contributed by atoms with E-state index < -0.39 is 5.97 Å². The zero-order chi connectivity index (χ0) is 28.8. The lowest BCUT2D eigenvalue weighted by Gasteiger charge is -2.12. The van der Waals surface area contributed by atoms with Gasteiger partial charge in [0.1, 0.15) is 23.3 Å². The van der Waals surface area contributed by atoms with Gasteiger partial charge in [-0.1, -0.05) is 42.5 Å². The molecule has 4 aromatic carbocycles. The number of hydrogen-bond donors (Lipinski definition) is 0. The van der Waals surface area contributed by atoms with Crippen LogP contribution in [0.2, 0.25) is 0 Å². The summed E-state index contributed by atoms with van der Waals surface area (Å²) < 4.78 is 32.8. The second-order valence-electron chi connectivity index (χ2n) is 8.79. The lowest BCUT2D eigenvalue weighted by molar-refractivity contribution is -0.128. The second-order valence-corrected chi connectivity index (χ2v) is 8.79. The topological polar surface area (TPSA) is 93.4 Å². The van der Waals surface area contributed by atoms with E-state index in [9.17, 15) is 9.59 Å².